The van der Waals surface area contributed by atoms with Crippen molar-refractivity contribution in [2.75, 3.05) is 19.0 Å². The highest BCUT2D eigenvalue weighted by atomic mass is 15.1. The summed E-state index contributed by atoms with van der Waals surface area (Å²) in [6, 6.07) is 4.47. The minimum absolute atomic E-state index is 0.237. The summed E-state index contributed by atoms with van der Waals surface area (Å²) in [4.78, 5) is 6.41. The van der Waals surface area contributed by atoms with E-state index in [2.05, 4.69) is 31.0 Å². The minimum atomic E-state index is 0.237. The summed E-state index contributed by atoms with van der Waals surface area (Å²) in [5.74, 6) is 1.46. The largest absolute Gasteiger partial charge is 0.363 e. The Hall–Kier alpha value is -1.09. The zero-order valence-electron chi connectivity index (χ0n) is 9.86. The van der Waals surface area contributed by atoms with Crippen LogP contribution >= 0.6 is 0 Å². The lowest BCUT2D eigenvalue weighted by molar-refractivity contribution is 0.598. The Kier molecular flexibility index (Phi) is 2.23. The summed E-state index contributed by atoms with van der Waals surface area (Å²) in [5, 5.41) is 0. The van der Waals surface area contributed by atoms with Crippen LogP contribution in [0.4, 0.5) is 5.82 Å². The van der Waals surface area contributed by atoms with Crippen molar-refractivity contribution < 1.29 is 0 Å². The number of rotatable bonds is 2. The number of hydrogen-bond donors (Lipinski definition) is 1. The van der Waals surface area contributed by atoms with E-state index in [0.717, 1.165) is 5.82 Å². The molecule has 0 amide bonds. The van der Waals surface area contributed by atoms with E-state index in [1.807, 2.05) is 25.2 Å². The lowest BCUT2D eigenvalue weighted by Crippen LogP contribution is -2.10. The molecule has 0 radical (unpaired) electrons. The molecule has 0 spiro atoms. The van der Waals surface area contributed by atoms with Crippen LogP contribution in [0.25, 0.3) is 0 Å². The van der Waals surface area contributed by atoms with Crippen molar-refractivity contribution in [2.24, 2.45) is 11.1 Å². The fourth-order valence-corrected chi connectivity index (χ4v) is 2.16. The summed E-state index contributed by atoms with van der Waals surface area (Å²) in [6.45, 7) is 4.42. The molecular weight excluding hydrogens is 186 g/mol. The van der Waals surface area contributed by atoms with E-state index in [0.29, 0.717) is 5.92 Å². The summed E-state index contributed by atoms with van der Waals surface area (Å²) in [7, 11) is 3.99. The molecule has 2 atom stereocenters. The van der Waals surface area contributed by atoms with Gasteiger partial charge < -0.3 is 10.6 Å². The van der Waals surface area contributed by atoms with Crippen LogP contribution in [-0.4, -0.2) is 25.1 Å². The lowest BCUT2D eigenvalue weighted by Gasteiger charge is -2.11. The molecule has 2 N–H and O–H groups in total. The Balaban J connectivity index is 2.19. The van der Waals surface area contributed by atoms with Crippen molar-refractivity contribution in [3.63, 3.8) is 0 Å². The highest BCUT2D eigenvalue weighted by molar-refractivity contribution is 5.41. The maximum Gasteiger partial charge on any atom is 0.127 e. The number of anilines is 1. The molecule has 3 heteroatoms. The van der Waals surface area contributed by atoms with Crippen LogP contribution in [0, 0.1) is 5.41 Å². The SMILES string of the molecule is CN(C)c1ccc([C@@H]2[C@@H](N)C2(C)C)cn1. The van der Waals surface area contributed by atoms with E-state index >= 15 is 0 Å². The van der Waals surface area contributed by atoms with Gasteiger partial charge in [-0.05, 0) is 17.0 Å². The van der Waals surface area contributed by atoms with E-state index in [1.165, 1.54) is 5.56 Å². The van der Waals surface area contributed by atoms with Gasteiger partial charge in [0.1, 0.15) is 5.82 Å². The molecule has 1 aliphatic carbocycles. The van der Waals surface area contributed by atoms with Gasteiger partial charge in [-0.1, -0.05) is 19.9 Å². The molecular formula is C12H19N3. The van der Waals surface area contributed by atoms with Gasteiger partial charge in [0.2, 0.25) is 0 Å². The van der Waals surface area contributed by atoms with Crippen molar-refractivity contribution in [3.8, 4) is 0 Å². The third-order valence-corrected chi connectivity index (χ3v) is 3.50. The Morgan fingerprint density at radius 1 is 1.33 bits per heavy atom. The third-order valence-electron chi connectivity index (χ3n) is 3.50. The van der Waals surface area contributed by atoms with E-state index < -0.39 is 0 Å². The number of aromatic nitrogens is 1. The Labute approximate surface area is 91.3 Å². The summed E-state index contributed by atoms with van der Waals surface area (Å²) < 4.78 is 0. The van der Waals surface area contributed by atoms with Crippen molar-refractivity contribution in [1.82, 2.24) is 4.98 Å². The first-order valence-corrected chi connectivity index (χ1v) is 5.33. The van der Waals surface area contributed by atoms with Crippen LogP contribution in [0.15, 0.2) is 18.3 Å². The second kappa shape index (κ2) is 3.20. The molecule has 1 fully saturated rings. The van der Waals surface area contributed by atoms with Crippen molar-refractivity contribution in [2.45, 2.75) is 25.8 Å². The fourth-order valence-electron chi connectivity index (χ4n) is 2.16. The average Bonchev–Trinajstić information content (AvgIpc) is 2.66. The van der Waals surface area contributed by atoms with Gasteiger partial charge in [0, 0.05) is 32.3 Å². The van der Waals surface area contributed by atoms with E-state index in [9.17, 15) is 0 Å². The van der Waals surface area contributed by atoms with Gasteiger partial charge in [0.05, 0.1) is 0 Å². The Bertz CT molecular complexity index is 354. The smallest absolute Gasteiger partial charge is 0.127 e. The molecule has 2 rings (SSSR count). The maximum atomic E-state index is 6.04. The van der Waals surface area contributed by atoms with Crippen molar-refractivity contribution >= 4 is 5.82 Å². The Morgan fingerprint density at radius 3 is 2.27 bits per heavy atom. The van der Waals surface area contributed by atoms with E-state index in [4.69, 9.17) is 5.73 Å². The predicted molar refractivity (Wildman–Crippen MR) is 63.1 cm³/mol. The van der Waals surface area contributed by atoms with Gasteiger partial charge >= 0.3 is 0 Å². The molecule has 1 heterocycles. The zero-order chi connectivity index (χ0) is 11.2. The molecule has 15 heavy (non-hydrogen) atoms. The molecule has 82 valence electrons. The first-order valence-electron chi connectivity index (χ1n) is 5.33. The van der Waals surface area contributed by atoms with Gasteiger partial charge in [0.15, 0.2) is 0 Å². The molecule has 1 saturated carbocycles. The van der Waals surface area contributed by atoms with Crippen molar-refractivity contribution in [3.05, 3.63) is 23.9 Å². The molecule has 0 aromatic carbocycles. The molecule has 0 bridgehead atoms. The van der Waals surface area contributed by atoms with Crippen LogP contribution in [0.5, 0.6) is 0 Å². The van der Waals surface area contributed by atoms with Crippen LogP contribution in [-0.2, 0) is 0 Å². The molecule has 1 aromatic rings. The summed E-state index contributed by atoms with van der Waals surface area (Å²) in [5.41, 5.74) is 7.54. The third kappa shape index (κ3) is 1.61. The van der Waals surface area contributed by atoms with Crippen LogP contribution in [0.1, 0.15) is 25.3 Å². The fraction of sp³-hybridized carbons (Fsp3) is 0.583. The number of hydrogen-bond acceptors (Lipinski definition) is 3. The Morgan fingerprint density at radius 2 is 1.93 bits per heavy atom. The lowest BCUT2D eigenvalue weighted by atomic mass is 10.1. The van der Waals surface area contributed by atoms with Gasteiger partial charge in [0.25, 0.3) is 0 Å². The number of nitrogens with two attached hydrogens (primary N) is 1. The highest BCUT2D eigenvalue weighted by Crippen LogP contribution is 2.57. The number of pyridine rings is 1. The minimum Gasteiger partial charge on any atom is -0.363 e. The molecule has 1 aromatic heterocycles. The highest BCUT2D eigenvalue weighted by Gasteiger charge is 2.56. The topological polar surface area (TPSA) is 42.1 Å². The van der Waals surface area contributed by atoms with Gasteiger partial charge in [-0.2, -0.15) is 0 Å². The van der Waals surface area contributed by atoms with Crippen LogP contribution in [0.3, 0.4) is 0 Å². The summed E-state index contributed by atoms with van der Waals surface area (Å²) >= 11 is 0. The second-order valence-corrected chi connectivity index (χ2v) is 5.17. The first kappa shape index (κ1) is 10.4. The second-order valence-electron chi connectivity index (χ2n) is 5.17. The van der Waals surface area contributed by atoms with E-state index in [-0.39, 0.29) is 11.5 Å². The molecule has 0 aliphatic heterocycles. The van der Waals surface area contributed by atoms with Gasteiger partial charge in [-0.25, -0.2) is 4.98 Å². The van der Waals surface area contributed by atoms with Gasteiger partial charge in [-0.3, -0.25) is 0 Å². The average molecular weight is 205 g/mol. The normalized spacial score (nSPS) is 27.5. The first-order chi connectivity index (χ1) is 6.94. The van der Waals surface area contributed by atoms with Crippen LogP contribution in [0.2, 0.25) is 0 Å². The molecule has 3 nitrogen and oxygen atoms in total. The monoisotopic (exact) mass is 205 g/mol. The standard InChI is InChI=1S/C12H19N3/c1-12(2)10(11(12)13)8-5-6-9(14-7-8)15(3)4/h5-7,10-11H,13H2,1-4H3/t10-,11-/m1/s1. The van der Waals surface area contributed by atoms with E-state index in [1.54, 1.807) is 0 Å². The predicted octanol–water partition coefficient (Wildman–Crippen LogP) is 1.60. The molecule has 1 aliphatic rings. The quantitative estimate of drug-likeness (QED) is 0.797. The van der Waals surface area contributed by atoms with Gasteiger partial charge in [-0.15, -0.1) is 0 Å². The van der Waals surface area contributed by atoms with Crippen molar-refractivity contribution in [1.29, 1.82) is 0 Å². The zero-order valence-corrected chi connectivity index (χ0v) is 9.86. The summed E-state index contributed by atoms with van der Waals surface area (Å²) in [6.07, 6.45) is 1.95. The van der Waals surface area contributed by atoms with Crippen LogP contribution < -0.4 is 10.6 Å². The maximum absolute atomic E-state index is 6.04. The molecule has 0 saturated heterocycles. The molecule has 0 unspecified atom stereocenters. The number of nitrogens with zero attached hydrogens (tertiary/aromatic N) is 2.